The number of hydrogen-bond donors (Lipinski definition) is 1. The minimum absolute atomic E-state index is 0.365. The van der Waals surface area contributed by atoms with E-state index >= 15 is 0 Å². The van der Waals surface area contributed by atoms with Gasteiger partial charge in [0.1, 0.15) is 6.61 Å². The van der Waals surface area contributed by atoms with Crippen LogP contribution in [-0.2, 0) is 5.11 Å². The number of aliphatic hydroxyl groups is 1. The van der Waals surface area contributed by atoms with Gasteiger partial charge in [-0.25, -0.2) is 5.11 Å². The summed E-state index contributed by atoms with van der Waals surface area (Å²) in [5.41, 5.74) is 0. The first kappa shape index (κ1) is 6.99. The molecule has 1 aliphatic heterocycles. The van der Waals surface area contributed by atoms with Gasteiger partial charge in [-0.05, 0) is 19.5 Å². The molecule has 1 aliphatic rings. The highest BCUT2D eigenvalue weighted by atomic mass is 16.3. The van der Waals surface area contributed by atoms with Crippen LogP contribution in [0.1, 0.15) is 6.42 Å². The molecule has 0 bridgehead atoms. The molecule has 0 aromatic carbocycles. The first-order valence-electron chi connectivity index (χ1n) is 3.31. The van der Waals surface area contributed by atoms with Crippen molar-refractivity contribution in [3.05, 3.63) is 0 Å². The fourth-order valence-corrected chi connectivity index (χ4v) is 0.915. The summed E-state index contributed by atoms with van der Waals surface area (Å²) in [5, 5.41) is 18.9. The molecule has 1 rings (SSSR count). The molecule has 0 aromatic heterocycles. The highest BCUT2D eigenvalue weighted by Gasteiger charge is 2.16. The lowest BCUT2D eigenvalue weighted by Gasteiger charge is -2.31. The zero-order valence-corrected chi connectivity index (χ0v) is 5.42. The third-order valence-electron chi connectivity index (χ3n) is 1.61. The van der Waals surface area contributed by atoms with E-state index in [-0.39, 0.29) is 6.61 Å². The van der Waals surface area contributed by atoms with Crippen LogP contribution in [0.4, 0.5) is 0 Å². The highest BCUT2D eigenvalue weighted by molar-refractivity contribution is 4.71. The standard InChI is InChI=1S/C6H12NO2/c8-5-6(9)4-7-2-1-3-7/h6,9H,1-5H2. The molecule has 0 saturated carbocycles. The molecule has 3 heteroatoms. The minimum atomic E-state index is -0.648. The van der Waals surface area contributed by atoms with Gasteiger partial charge in [0.05, 0.1) is 6.10 Å². The number of likely N-dealkylation sites (tertiary alicyclic amines) is 1. The Labute approximate surface area is 54.9 Å². The van der Waals surface area contributed by atoms with Gasteiger partial charge in [0.25, 0.3) is 0 Å². The zero-order chi connectivity index (χ0) is 6.69. The van der Waals surface area contributed by atoms with Gasteiger partial charge >= 0.3 is 0 Å². The van der Waals surface area contributed by atoms with Crippen molar-refractivity contribution in [3.63, 3.8) is 0 Å². The van der Waals surface area contributed by atoms with Gasteiger partial charge in [-0.1, -0.05) is 0 Å². The monoisotopic (exact) mass is 130 g/mol. The topological polar surface area (TPSA) is 43.4 Å². The lowest BCUT2D eigenvalue weighted by atomic mass is 10.2. The van der Waals surface area contributed by atoms with E-state index in [0.29, 0.717) is 6.54 Å². The van der Waals surface area contributed by atoms with Gasteiger partial charge < -0.3 is 10.0 Å². The van der Waals surface area contributed by atoms with Crippen molar-refractivity contribution in [1.29, 1.82) is 0 Å². The molecule has 9 heavy (non-hydrogen) atoms. The first-order chi connectivity index (χ1) is 4.33. The lowest BCUT2D eigenvalue weighted by molar-refractivity contribution is 0.0156. The van der Waals surface area contributed by atoms with Gasteiger partial charge in [0.2, 0.25) is 0 Å². The van der Waals surface area contributed by atoms with E-state index in [0.717, 1.165) is 13.1 Å². The van der Waals surface area contributed by atoms with Crippen LogP contribution < -0.4 is 0 Å². The van der Waals surface area contributed by atoms with E-state index in [9.17, 15) is 5.11 Å². The second-order valence-electron chi connectivity index (χ2n) is 2.47. The summed E-state index contributed by atoms with van der Waals surface area (Å²) in [4.78, 5) is 2.09. The molecular weight excluding hydrogens is 118 g/mol. The quantitative estimate of drug-likeness (QED) is 0.559. The van der Waals surface area contributed by atoms with Crippen LogP contribution in [-0.4, -0.2) is 42.4 Å². The summed E-state index contributed by atoms with van der Waals surface area (Å²) in [5.74, 6) is 0. The van der Waals surface area contributed by atoms with Crippen molar-refractivity contribution in [2.24, 2.45) is 0 Å². The van der Waals surface area contributed by atoms with Crippen LogP contribution in [0.25, 0.3) is 0 Å². The van der Waals surface area contributed by atoms with Gasteiger partial charge in [-0.3, -0.25) is 0 Å². The molecule has 1 radical (unpaired) electrons. The number of rotatable bonds is 3. The molecule has 1 atom stereocenters. The maximum Gasteiger partial charge on any atom is 0.109 e. The third kappa shape index (κ3) is 1.93. The van der Waals surface area contributed by atoms with Crippen molar-refractivity contribution in [2.75, 3.05) is 26.2 Å². The Hall–Kier alpha value is -0.120. The summed E-state index contributed by atoms with van der Waals surface area (Å²) >= 11 is 0. The summed E-state index contributed by atoms with van der Waals surface area (Å²) in [6.45, 7) is 2.31. The molecule has 0 aromatic rings. The molecule has 53 valence electrons. The van der Waals surface area contributed by atoms with Crippen molar-refractivity contribution in [2.45, 2.75) is 12.5 Å². The summed E-state index contributed by atoms with van der Waals surface area (Å²) < 4.78 is 0. The minimum Gasteiger partial charge on any atom is -0.389 e. The van der Waals surface area contributed by atoms with Crippen LogP contribution >= 0.6 is 0 Å². The Bertz CT molecular complexity index is 80.4. The average Bonchev–Trinajstić information content (AvgIpc) is 1.78. The number of hydrogen-bond acceptors (Lipinski definition) is 2. The van der Waals surface area contributed by atoms with Crippen molar-refractivity contribution >= 4 is 0 Å². The van der Waals surface area contributed by atoms with Crippen molar-refractivity contribution < 1.29 is 10.2 Å². The normalized spacial score (nSPS) is 23.3. The predicted octanol–water partition coefficient (Wildman–Crippen LogP) is -0.516. The largest absolute Gasteiger partial charge is 0.389 e. The second-order valence-corrected chi connectivity index (χ2v) is 2.47. The molecule has 1 unspecified atom stereocenters. The van der Waals surface area contributed by atoms with Gasteiger partial charge in [-0.2, -0.15) is 0 Å². The highest BCUT2D eigenvalue weighted by Crippen LogP contribution is 2.05. The Balaban J connectivity index is 2.01. The van der Waals surface area contributed by atoms with E-state index < -0.39 is 6.10 Å². The molecule has 1 N–H and O–H groups in total. The van der Waals surface area contributed by atoms with E-state index in [2.05, 4.69) is 4.90 Å². The van der Waals surface area contributed by atoms with Crippen LogP contribution in [0.2, 0.25) is 0 Å². The van der Waals surface area contributed by atoms with Crippen LogP contribution in [0.5, 0.6) is 0 Å². The summed E-state index contributed by atoms with van der Waals surface area (Å²) in [6, 6.07) is 0. The Morgan fingerprint density at radius 1 is 1.56 bits per heavy atom. The summed E-state index contributed by atoms with van der Waals surface area (Å²) in [7, 11) is 0. The fourth-order valence-electron chi connectivity index (χ4n) is 0.915. The Morgan fingerprint density at radius 2 is 2.22 bits per heavy atom. The van der Waals surface area contributed by atoms with Gasteiger partial charge in [0, 0.05) is 6.54 Å². The summed E-state index contributed by atoms with van der Waals surface area (Å²) in [6.07, 6.45) is 0.566. The molecular formula is C6H12NO2. The van der Waals surface area contributed by atoms with Crippen molar-refractivity contribution in [1.82, 2.24) is 4.90 Å². The average molecular weight is 130 g/mol. The number of aliphatic hydroxyl groups excluding tert-OH is 1. The van der Waals surface area contributed by atoms with Crippen LogP contribution in [0.15, 0.2) is 0 Å². The van der Waals surface area contributed by atoms with Crippen LogP contribution in [0.3, 0.4) is 0 Å². The van der Waals surface area contributed by atoms with E-state index in [1.807, 2.05) is 0 Å². The third-order valence-corrected chi connectivity index (χ3v) is 1.61. The van der Waals surface area contributed by atoms with Gasteiger partial charge in [-0.15, -0.1) is 0 Å². The molecule has 3 nitrogen and oxygen atoms in total. The molecule has 1 heterocycles. The predicted molar refractivity (Wildman–Crippen MR) is 32.6 cm³/mol. The Kier molecular flexibility index (Phi) is 2.45. The zero-order valence-electron chi connectivity index (χ0n) is 5.42. The molecule has 0 spiro atoms. The lowest BCUT2D eigenvalue weighted by Crippen LogP contribution is -2.42. The number of nitrogens with zero attached hydrogens (tertiary/aromatic N) is 1. The van der Waals surface area contributed by atoms with E-state index in [4.69, 9.17) is 5.11 Å². The SMILES string of the molecule is [O]CC(O)CN1CCC1. The molecule has 1 saturated heterocycles. The maximum atomic E-state index is 10.0. The van der Waals surface area contributed by atoms with E-state index in [1.165, 1.54) is 6.42 Å². The Morgan fingerprint density at radius 3 is 2.56 bits per heavy atom. The van der Waals surface area contributed by atoms with E-state index in [1.54, 1.807) is 0 Å². The van der Waals surface area contributed by atoms with Crippen LogP contribution in [0, 0.1) is 0 Å². The first-order valence-corrected chi connectivity index (χ1v) is 3.31. The second kappa shape index (κ2) is 3.15. The van der Waals surface area contributed by atoms with Crippen molar-refractivity contribution in [3.8, 4) is 0 Å². The molecule has 1 fully saturated rings. The fraction of sp³-hybridized carbons (Fsp3) is 1.00. The molecule has 0 amide bonds. The maximum absolute atomic E-state index is 10.0. The van der Waals surface area contributed by atoms with Gasteiger partial charge in [0.15, 0.2) is 0 Å². The smallest absolute Gasteiger partial charge is 0.109 e. The number of β-amino-alcohol motifs (C(OH)–C–C–N with tert-alkyl or cyclic N) is 1. The molecule has 0 aliphatic carbocycles.